The first-order chi connectivity index (χ1) is 14.9. The third kappa shape index (κ3) is 6.58. The Morgan fingerprint density at radius 3 is 2.81 bits per heavy atom. The summed E-state index contributed by atoms with van der Waals surface area (Å²) in [7, 11) is 1.88. The van der Waals surface area contributed by atoms with Crippen LogP contribution in [0.3, 0.4) is 0 Å². The Morgan fingerprint density at radius 1 is 1.32 bits per heavy atom. The molecule has 0 spiro atoms. The van der Waals surface area contributed by atoms with Crippen molar-refractivity contribution < 1.29 is 17.9 Å². The Hall–Kier alpha value is -2.82. The maximum atomic E-state index is 12.6. The van der Waals surface area contributed by atoms with Gasteiger partial charge in [0.15, 0.2) is 5.96 Å². The lowest BCUT2D eigenvalue weighted by molar-refractivity contribution is -0.137. The molecule has 0 bridgehead atoms. The number of alkyl halides is 3. The fraction of sp³-hybridized carbons (Fsp3) is 0.550. The molecule has 170 valence electrons. The summed E-state index contributed by atoms with van der Waals surface area (Å²) in [4.78, 5) is 10.7. The van der Waals surface area contributed by atoms with Gasteiger partial charge in [0.1, 0.15) is 11.9 Å². The monoisotopic (exact) mass is 439 g/mol. The van der Waals surface area contributed by atoms with Gasteiger partial charge >= 0.3 is 6.18 Å². The molecule has 2 N–H and O–H groups in total. The van der Waals surface area contributed by atoms with E-state index >= 15 is 0 Å². The second-order valence-electron chi connectivity index (χ2n) is 7.20. The number of hydrogen-bond donors (Lipinski definition) is 2. The van der Waals surface area contributed by atoms with E-state index in [9.17, 15) is 13.2 Å². The Kier molecular flexibility index (Phi) is 7.72. The van der Waals surface area contributed by atoms with Crippen LogP contribution in [0, 0.1) is 0 Å². The van der Waals surface area contributed by atoms with Crippen LogP contribution in [0.1, 0.15) is 30.6 Å². The molecule has 0 aromatic carbocycles. The number of morpholine rings is 1. The van der Waals surface area contributed by atoms with Crippen LogP contribution in [0.2, 0.25) is 0 Å². The number of hydrogen-bond acceptors (Lipinski definition) is 5. The summed E-state index contributed by atoms with van der Waals surface area (Å²) < 4.78 is 45.4. The van der Waals surface area contributed by atoms with E-state index in [4.69, 9.17) is 9.73 Å². The van der Waals surface area contributed by atoms with Gasteiger partial charge in [-0.2, -0.15) is 18.3 Å². The molecule has 0 radical (unpaired) electrons. The number of anilines is 1. The van der Waals surface area contributed by atoms with Gasteiger partial charge in [-0.15, -0.1) is 0 Å². The molecule has 3 heterocycles. The molecule has 1 aliphatic rings. The van der Waals surface area contributed by atoms with Crippen molar-refractivity contribution in [2.24, 2.45) is 12.0 Å². The molecule has 0 saturated carbocycles. The molecule has 1 aliphatic heterocycles. The van der Waals surface area contributed by atoms with Crippen LogP contribution in [0.4, 0.5) is 19.0 Å². The Morgan fingerprint density at radius 2 is 2.16 bits per heavy atom. The number of ether oxygens (including phenoxy) is 1. The molecule has 1 unspecified atom stereocenters. The van der Waals surface area contributed by atoms with Crippen molar-refractivity contribution in [3.63, 3.8) is 0 Å². The molecule has 1 atom stereocenters. The van der Waals surface area contributed by atoms with Crippen LogP contribution in [-0.4, -0.2) is 65.0 Å². The summed E-state index contributed by atoms with van der Waals surface area (Å²) in [5.74, 6) is 1.24. The average molecular weight is 439 g/mol. The summed E-state index contributed by atoms with van der Waals surface area (Å²) >= 11 is 0. The van der Waals surface area contributed by atoms with Gasteiger partial charge in [-0.05, 0) is 25.5 Å². The predicted molar refractivity (Wildman–Crippen MR) is 112 cm³/mol. The lowest BCUT2D eigenvalue weighted by atomic mass is 10.1. The summed E-state index contributed by atoms with van der Waals surface area (Å²) in [6.45, 7) is 5.94. The number of aryl methyl sites for hydroxylation is 1. The van der Waals surface area contributed by atoms with E-state index in [1.54, 1.807) is 4.68 Å². The third-order valence-corrected chi connectivity index (χ3v) is 4.79. The second-order valence-corrected chi connectivity index (χ2v) is 7.20. The molecule has 31 heavy (non-hydrogen) atoms. The van der Waals surface area contributed by atoms with Crippen molar-refractivity contribution in [1.82, 2.24) is 25.0 Å². The largest absolute Gasteiger partial charge is 0.417 e. The Labute approximate surface area is 179 Å². The number of nitrogens with zero attached hydrogens (tertiary/aromatic N) is 5. The van der Waals surface area contributed by atoms with Gasteiger partial charge in [-0.25, -0.2) is 4.98 Å². The number of nitrogens with one attached hydrogen (secondary N) is 2. The van der Waals surface area contributed by atoms with Gasteiger partial charge in [0.25, 0.3) is 0 Å². The van der Waals surface area contributed by atoms with Gasteiger partial charge in [0.2, 0.25) is 0 Å². The minimum Gasteiger partial charge on any atom is -0.370 e. The highest BCUT2D eigenvalue weighted by atomic mass is 19.4. The van der Waals surface area contributed by atoms with Crippen LogP contribution in [0.5, 0.6) is 0 Å². The van der Waals surface area contributed by atoms with Gasteiger partial charge in [-0.3, -0.25) is 9.67 Å². The van der Waals surface area contributed by atoms with E-state index in [-0.39, 0.29) is 6.10 Å². The molecule has 0 amide bonds. The number of pyridine rings is 1. The van der Waals surface area contributed by atoms with Crippen molar-refractivity contribution in [2.45, 2.75) is 25.6 Å². The highest BCUT2D eigenvalue weighted by Crippen LogP contribution is 2.28. The normalized spacial score (nSPS) is 17.6. The summed E-state index contributed by atoms with van der Waals surface area (Å²) in [6.07, 6.45) is 0.893. The molecule has 8 nitrogen and oxygen atoms in total. The number of aromatic nitrogens is 3. The highest BCUT2D eigenvalue weighted by molar-refractivity contribution is 5.80. The fourth-order valence-corrected chi connectivity index (χ4v) is 3.22. The molecule has 2 aromatic heterocycles. The summed E-state index contributed by atoms with van der Waals surface area (Å²) in [5, 5.41) is 10.6. The predicted octanol–water partition coefficient (Wildman–Crippen LogP) is 2.67. The first-order valence-electron chi connectivity index (χ1n) is 10.3. The van der Waals surface area contributed by atoms with Crippen molar-refractivity contribution in [3.8, 4) is 0 Å². The zero-order chi connectivity index (χ0) is 22.3. The molecule has 3 rings (SSSR count). The molecule has 2 aromatic rings. The zero-order valence-corrected chi connectivity index (χ0v) is 17.7. The molecule has 1 fully saturated rings. The second kappa shape index (κ2) is 10.5. The van der Waals surface area contributed by atoms with Gasteiger partial charge in [0.05, 0.1) is 24.9 Å². The first kappa shape index (κ1) is 22.9. The topological polar surface area (TPSA) is 79.6 Å². The third-order valence-electron chi connectivity index (χ3n) is 4.79. The lowest BCUT2D eigenvalue weighted by Gasteiger charge is -2.34. The smallest absolute Gasteiger partial charge is 0.370 e. The number of rotatable bonds is 7. The maximum Gasteiger partial charge on any atom is 0.417 e. The van der Waals surface area contributed by atoms with Crippen LogP contribution in [0.25, 0.3) is 0 Å². The molecule has 0 aliphatic carbocycles. The highest BCUT2D eigenvalue weighted by Gasteiger charge is 2.30. The average Bonchev–Trinajstić information content (AvgIpc) is 3.19. The van der Waals surface area contributed by atoms with Crippen molar-refractivity contribution in [1.29, 1.82) is 0 Å². The number of guanidine groups is 1. The van der Waals surface area contributed by atoms with Crippen LogP contribution >= 0.6 is 0 Å². The quantitative estimate of drug-likeness (QED) is 0.392. The van der Waals surface area contributed by atoms with Crippen molar-refractivity contribution >= 4 is 11.8 Å². The summed E-state index contributed by atoms with van der Waals surface area (Å²) in [5.41, 5.74) is 0.282. The van der Waals surface area contributed by atoms with Gasteiger partial charge < -0.3 is 20.3 Å². The van der Waals surface area contributed by atoms with Gasteiger partial charge in [-0.1, -0.05) is 0 Å². The van der Waals surface area contributed by atoms with E-state index in [1.807, 2.05) is 26.4 Å². The van der Waals surface area contributed by atoms with E-state index < -0.39 is 11.7 Å². The first-order valence-corrected chi connectivity index (χ1v) is 10.3. The van der Waals surface area contributed by atoms with Gasteiger partial charge in [0, 0.05) is 51.2 Å². The number of halogens is 3. The van der Waals surface area contributed by atoms with Crippen LogP contribution < -0.4 is 10.6 Å². The minimum absolute atomic E-state index is 0.0567. The molecular formula is C20H28F3N7O. The van der Waals surface area contributed by atoms with Crippen molar-refractivity contribution in [2.75, 3.05) is 44.6 Å². The van der Waals surface area contributed by atoms with Crippen molar-refractivity contribution in [3.05, 3.63) is 41.9 Å². The standard InChI is InChI=1S/C20H28F3N7O/c1-3-24-19(30-9-10-31-17(14-30)15-11-28-29(2)13-15)26-8-4-7-25-18-6-5-16(12-27-18)20(21,22)23/h5-6,11-13,17H,3-4,7-10,14H2,1-2H3,(H,24,26)(H,25,27). The molecule has 11 heteroatoms. The Bertz CT molecular complexity index is 851. The minimum atomic E-state index is -4.38. The van der Waals surface area contributed by atoms with Crippen LogP contribution in [-0.2, 0) is 18.0 Å². The van der Waals surface area contributed by atoms with E-state index in [0.29, 0.717) is 38.5 Å². The molecule has 1 saturated heterocycles. The SMILES string of the molecule is CCNC(=NCCCNc1ccc(C(F)(F)F)cn1)N1CCOC(c2cnn(C)c2)C1. The van der Waals surface area contributed by atoms with E-state index in [0.717, 1.165) is 36.9 Å². The van der Waals surface area contributed by atoms with Crippen LogP contribution in [0.15, 0.2) is 35.7 Å². The Balaban J connectivity index is 1.49. The summed E-state index contributed by atoms with van der Waals surface area (Å²) in [6, 6.07) is 2.36. The zero-order valence-electron chi connectivity index (χ0n) is 17.7. The number of aliphatic imine (C=N–C) groups is 1. The van der Waals surface area contributed by atoms with E-state index in [1.165, 1.54) is 6.07 Å². The molecular weight excluding hydrogens is 411 g/mol. The fourth-order valence-electron chi connectivity index (χ4n) is 3.22. The maximum absolute atomic E-state index is 12.6. The lowest BCUT2D eigenvalue weighted by Crippen LogP contribution is -2.48. The van der Waals surface area contributed by atoms with E-state index in [2.05, 4.69) is 25.6 Å².